The molecule has 7 heteroatoms. The van der Waals surface area contributed by atoms with Gasteiger partial charge >= 0.3 is 0 Å². The van der Waals surface area contributed by atoms with Gasteiger partial charge in [0.05, 0.1) is 12.0 Å². The Morgan fingerprint density at radius 1 is 1.50 bits per heavy atom. The normalized spacial score (nSPS) is 15.2. The summed E-state index contributed by atoms with van der Waals surface area (Å²) < 4.78 is 6.53. The van der Waals surface area contributed by atoms with Crippen LogP contribution >= 0.6 is 11.3 Å². The summed E-state index contributed by atoms with van der Waals surface area (Å²) in [5, 5.41) is 0.673. The highest BCUT2D eigenvalue weighted by molar-refractivity contribution is 7.18. The molecule has 1 atom stereocenters. The molecule has 0 aromatic carbocycles. The van der Waals surface area contributed by atoms with Crippen molar-refractivity contribution in [1.29, 1.82) is 0 Å². The van der Waals surface area contributed by atoms with Crippen LogP contribution in [-0.2, 0) is 28.8 Å². The van der Waals surface area contributed by atoms with Crippen molar-refractivity contribution in [3.8, 4) is 0 Å². The van der Waals surface area contributed by atoms with Gasteiger partial charge in [0.2, 0.25) is 5.91 Å². The molecule has 1 amide bonds. The Bertz CT molecular complexity index is 793. The Kier molecular flexibility index (Phi) is 4.01. The molecular weight excluding hydrogens is 302 g/mol. The smallest absolute Gasteiger partial charge is 0.263 e. The van der Waals surface area contributed by atoms with Gasteiger partial charge in [-0.3, -0.25) is 14.2 Å². The standard InChI is InChI=1S/C15H19N3O3S/c1-8(13(16)19)18-11(6-7-21-2)17-14-12(15(18)20)9-4-3-5-10(9)22-14/h8H,3-7H2,1-2H3,(H2,16,19). The molecule has 3 rings (SSSR count). The number of rotatable bonds is 5. The van der Waals surface area contributed by atoms with Crippen molar-refractivity contribution in [3.63, 3.8) is 0 Å². The third-order valence-corrected chi connectivity index (χ3v) is 5.36. The van der Waals surface area contributed by atoms with Crippen molar-refractivity contribution in [2.24, 2.45) is 5.73 Å². The first-order chi connectivity index (χ1) is 10.5. The second kappa shape index (κ2) is 5.81. The molecule has 1 aliphatic rings. The first-order valence-electron chi connectivity index (χ1n) is 7.38. The number of hydrogen-bond donors (Lipinski definition) is 1. The lowest BCUT2D eigenvalue weighted by Crippen LogP contribution is -2.35. The Balaban J connectivity index is 2.26. The lowest BCUT2D eigenvalue weighted by molar-refractivity contribution is -0.120. The lowest BCUT2D eigenvalue weighted by Gasteiger charge is -2.16. The molecule has 2 aromatic rings. The summed E-state index contributed by atoms with van der Waals surface area (Å²) in [7, 11) is 1.60. The number of hydrogen-bond acceptors (Lipinski definition) is 5. The van der Waals surface area contributed by atoms with Gasteiger partial charge in [-0.1, -0.05) is 0 Å². The van der Waals surface area contributed by atoms with Gasteiger partial charge < -0.3 is 10.5 Å². The summed E-state index contributed by atoms with van der Waals surface area (Å²) in [4.78, 5) is 31.2. The maximum absolute atomic E-state index is 13.0. The topological polar surface area (TPSA) is 87.2 Å². The average molecular weight is 321 g/mol. The summed E-state index contributed by atoms with van der Waals surface area (Å²) in [5.74, 6) is 0.0272. The predicted octanol–water partition coefficient (Wildman–Crippen LogP) is 1.18. The van der Waals surface area contributed by atoms with Gasteiger partial charge in [-0.15, -0.1) is 11.3 Å². The summed E-state index contributed by atoms with van der Waals surface area (Å²) in [6.45, 7) is 2.08. The highest BCUT2D eigenvalue weighted by Gasteiger charge is 2.25. The molecule has 0 aliphatic heterocycles. The molecule has 1 aliphatic carbocycles. The molecular formula is C15H19N3O3S. The molecule has 2 aromatic heterocycles. The summed E-state index contributed by atoms with van der Waals surface area (Å²) in [6.07, 6.45) is 3.47. The van der Waals surface area contributed by atoms with Crippen LogP contribution in [0.3, 0.4) is 0 Å². The third kappa shape index (κ3) is 2.34. The van der Waals surface area contributed by atoms with E-state index in [-0.39, 0.29) is 5.56 Å². The maximum atomic E-state index is 13.0. The van der Waals surface area contributed by atoms with E-state index in [1.54, 1.807) is 25.4 Å². The molecule has 1 unspecified atom stereocenters. The molecule has 0 bridgehead atoms. The van der Waals surface area contributed by atoms with E-state index in [0.29, 0.717) is 24.2 Å². The summed E-state index contributed by atoms with van der Waals surface area (Å²) in [5.41, 5.74) is 6.37. The number of nitrogens with zero attached hydrogens (tertiary/aromatic N) is 2. The second-order valence-corrected chi connectivity index (χ2v) is 6.65. The first kappa shape index (κ1) is 15.2. The number of amides is 1. The monoisotopic (exact) mass is 321 g/mol. The zero-order chi connectivity index (χ0) is 15.9. The molecule has 0 saturated carbocycles. The minimum atomic E-state index is -0.715. The van der Waals surface area contributed by atoms with Crippen molar-refractivity contribution in [1.82, 2.24) is 9.55 Å². The minimum Gasteiger partial charge on any atom is -0.384 e. The van der Waals surface area contributed by atoms with Crippen molar-refractivity contribution >= 4 is 27.5 Å². The van der Waals surface area contributed by atoms with Crippen molar-refractivity contribution < 1.29 is 9.53 Å². The number of fused-ring (bicyclic) bond motifs is 3. The van der Waals surface area contributed by atoms with Gasteiger partial charge in [-0.2, -0.15) is 0 Å². The fraction of sp³-hybridized carbons (Fsp3) is 0.533. The van der Waals surface area contributed by atoms with Crippen LogP contribution in [0, 0.1) is 0 Å². The number of aromatic nitrogens is 2. The molecule has 22 heavy (non-hydrogen) atoms. The van der Waals surface area contributed by atoms with Gasteiger partial charge in [0.1, 0.15) is 16.7 Å². The van der Waals surface area contributed by atoms with Crippen LogP contribution in [0.15, 0.2) is 4.79 Å². The molecule has 0 saturated heterocycles. The summed E-state index contributed by atoms with van der Waals surface area (Å²) in [6, 6.07) is -0.715. The number of methoxy groups -OCH3 is 1. The predicted molar refractivity (Wildman–Crippen MR) is 85.4 cm³/mol. The molecule has 0 radical (unpaired) electrons. The maximum Gasteiger partial charge on any atom is 0.263 e. The highest BCUT2D eigenvalue weighted by atomic mass is 32.1. The average Bonchev–Trinajstić information content (AvgIpc) is 3.04. The molecule has 118 valence electrons. The van der Waals surface area contributed by atoms with Gasteiger partial charge in [-0.25, -0.2) is 4.98 Å². The number of nitrogens with two attached hydrogens (primary N) is 1. The van der Waals surface area contributed by atoms with E-state index < -0.39 is 11.9 Å². The molecule has 2 heterocycles. The molecule has 2 N–H and O–H groups in total. The lowest BCUT2D eigenvalue weighted by atomic mass is 10.2. The van der Waals surface area contributed by atoms with Crippen LogP contribution in [-0.4, -0.2) is 29.2 Å². The SMILES string of the molecule is COCCc1nc2sc3c(c2c(=O)n1C(C)C(N)=O)CCC3. The van der Waals surface area contributed by atoms with Crippen LogP contribution in [0.5, 0.6) is 0 Å². The quantitative estimate of drug-likeness (QED) is 0.896. The zero-order valence-corrected chi connectivity index (χ0v) is 13.5. The Morgan fingerprint density at radius 3 is 2.95 bits per heavy atom. The van der Waals surface area contributed by atoms with E-state index in [4.69, 9.17) is 10.5 Å². The van der Waals surface area contributed by atoms with Crippen molar-refractivity contribution in [2.75, 3.05) is 13.7 Å². The molecule has 6 nitrogen and oxygen atoms in total. The molecule has 0 fully saturated rings. The fourth-order valence-corrected chi connectivity index (χ4v) is 4.26. The van der Waals surface area contributed by atoms with Crippen LogP contribution in [0.1, 0.15) is 35.7 Å². The fourth-order valence-electron chi connectivity index (χ4n) is 2.99. The van der Waals surface area contributed by atoms with Crippen LogP contribution < -0.4 is 11.3 Å². The van der Waals surface area contributed by atoms with E-state index in [1.165, 1.54) is 9.44 Å². The van der Waals surface area contributed by atoms with Crippen molar-refractivity contribution in [2.45, 2.75) is 38.6 Å². The summed E-state index contributed by atoms with van der Waals surface area (Å²) >= 11 is 1.60. The van der Waals surface area contributed by atoms with E-state index in [1.807, 2.05) is 0 Å². The van der Waals surface area contributed by atoms with E-state index >= 15 is 0 Å². The zero-order valence-electron chi connectivity index (χ0n) is 12.7. The van der Waals surface area contributed by atoms with E-state index in [2.05, 4.69) is 4.98 Å². The first-order valence-corrected chi connectivity index (χ1v) is 8.20. The number of carbonyl (C=O) groups is 1. The van der Waals surface area contributed by atoms with Crippen LogP contribution in [0.4, 0.5) is 0 Å². The number of primary amides is 1. The van der Waals surface area contributed by atoms with Gasteiger partial charge in [-0.05, 0) is 31.7 Å². The largest absolute Gasteiger partial charge is 0.384 e. The Morgan fingerprint density at radius 2 is 2.27 bits per heavy atom. The number of aryl methyl sites for hydroxylation is 2. The third-order valence-electron chi connectivity index (χ3n) is 4.17. The molecule has 0 spiro atoms. The van der Waals surface area contributed by atoms with Crippen molar-refractivity contribution in [3.05, 3.63) is 26.6 Å². The van der Waals surface area contributed by atoms with Gasteiger partial charge in [0.15, 0.2) is 0 Å². The van der Waals surface area contributed by atoms with Crippen LogP contribution in [0.2, 0.25) is 0 Å². The van der Waals surface area contributed by atoms with E-state index in [9.17, 15) is 9.59 Å². The minimum absolute atomic E-state index is 0.151. The Hall–Kier alpha value is -1.73. The van der Waals surface area contributed by atoms with E-state index in [0.717, 1.165) is 29.7 Å². The van der Waals surface area contributed by atoms with Crippen LogP contribution in [0.25, 0.3) is 10.2 Å². The highest BCUT2D eigenvalue weighted by Crippen LogP contribution is 2.35. The Labute approximate surface area is 131 Å². The van der Waals surface area contributed by atoms with Gasteiger partial charge in [0, 0.05) is 18.4 Å². The van der Waals surface area contributed by atoms with Gasteiger partial charge in [0.25, 0.3) is 5.56 Å². The second-order valence-electron chi connectivity index (χ2n) is 5.56. The number of carbonyl (C=O) groups excluding carboxylic acids is 1. The number of thiophene rings is 1. The number of ether oxygens (including phenoxy) is 1.